The fourth-order valence-electron chi connectivity index (χ4n) is 6.21. The molecule has 67 heavy (non-hydrogen) atoms. The van der Waals surface area contributed by atoms with Crippen LogP contribution in [0.5, 0.6) is 11.5 Å². The van der Waals surface area contributed by atoms with Crippen molar-refractivity contribution in [3.05, 3.63) is 182 Å². The molecule has 0 atom stereocenters. The summed E-state index contributed by atoms with van der Waals surface area (Å²) < 4.78 is 20.8. The summed E-state index contributed by atoms with van der Waals surface area (Å²) in [5.74, 6) is 1.76. The molecule has 0 fully saturated rings. The number of hydrogen-bond donors (Lipinski definition) is 2. The molecular weight excluding hydrogens is 888 g/mol. The highest BCUT2D eigenvalue weighted by Gasteiger charge is 2.16. The Morgan fingerprint density at radius 2 is 1.12 bits per heavy atom. The number of ether oxygens (including phenoxy) is 4. The zero-order chi connectivity index (χ0) is 47.7. The van der Waals surface area contributed by atoms with Gasteiger partial charge in [0.2, 0.25) is 0 Å². The van der Waals surface area contributed by atoms with Gasteiger partial charge in [0.25, 0.3) is 11.4 Å². The number of carbonyl (C=O) groups excluding carboxylic acids is 2. The number of non-ortho nitro benzene ring substituents is 2. The molecule has 0 amide bonds. The first-order valence-corrected chi connectivity index (χ1v) is 20.2. The van der Waals surface area contributed by atoms with Crippen molar-refractivity contribution in [2.24, 2.45) is 0 Å². The topological polar surface area (TPSA) is 273 Å². The van der Waals surface area contributed by atoms with E-state index in [1.54, 1.807) is 79.1 Å². The van der Waals surface area contributed by atoms with Gasteiger partial charge in [-0.1, -0.05) is 48.0 Å². The summed E-state index contributed by atoms with van der Waals surface area (Å²) in [5, 5.41) is 28.2. The van der Waals surface area contributed by atoms with E-state index in [-0.39, 0.29) is 41.9 Å². The molecular formula is C46H39ClN10O10. The van der Waals surface area contributed by atoms with Gasteiger partial charge in [-0.05, 0) is 59.7 Å². The van der Waals surface area contributed by atoms with E-state index < -0.39 is 15.8 Å². The second-order valence-electron chi connectivity index (χ2n) is 13.8. The number of nitrogens with one attached hydrogen (secondary N) is 1. The van der Waals surface area contributed by atoms with Crippen molar-refractivity contribution in [1.29, 1.82) is 0 Å². The number of anilines is 3. The molecule has 0 aliphatic heterocycles. The van der Waals surface area contributed by atoms with Gasteiger partial charge in [-0.3, -0.25) is 39.8 Å². The van der Waals surface area contributed by atoms with Gasteiger partial charge in [0.05, 0.1) is 71.5 Å². The van der Waals surface area contributed by atoms with E-state index in [1.807, 2.05) is 18.2 Å². The molecule has 4 heterocycles. The number of nitrogen functional groups attached to an aromatic ring is 1. The highest BCUT2D eigenvalue weighted by atomic mass is 35.5. The van der Waals surface area contributed by atoms with Gasteiger partial charge in [0, 0.05) is 47.7 Å². The van der Waals surface area contributed by atoms with E-state index in [9.17, 15) is 29.8 Å². The van der Waals surface area contributed by atoms with Crippen LogP contribution in [0, 0.1) is 20.2 Å². The van der Waals surface area contributed by atoms with Crippen molar-refractivity contribution < 1.29 is 38.4 Å². The third-order valence-corrected chi connectivity index (χ3v) is 9.46. The van der Waals surface area contributed by atoms with Gasteiger partial charge in [0.15, 0.2) is 0 Å². The fraction of sp³-hybridized carbons (Fsp3) is 0.130. The maximum absolute atomic E-state index is 11.4. The van der Waals surface area contributed by atoms with Gasteiger partial charge < -0.3 is 30.0 Å². The number of pyridine rings is 2. The van der Waals surface area contributed by atoms with Gasteiger partial charge in [-0.25, -0.2) is 19.9 Å². The van der Waals surface area contributed by atoms with Crippen molar-refractivity contribution in [3.8, 4) is 11.5 Å². The van der Waals surface area contributed by atoms with Gasteiger partial charge in [-0.2, -0.15) is 0 Å². The van der Waals surface area contributed by atoms with Gasteiger partial charge in [-0.15, -0.1) is 0 Å². The fourth-order valence-corrected chi connectivity index (χ4v) is 6.37. The maximum atomic E-state index is 11.4. The lowest BCUT2D eigenvalue weighted by Gasteiger charge is -2.11. The SMILES string of the molecule is COC(=O)Cc1cncc(Cl)n1.COC(=O)Cc1cncc(Nc2cc(COc3ccc([N+](=O)[O-])c4ccccc34)ccn2)n1.Nc1cc(COc2ccc([N+](=O)[O-])c3ccccc23)ccn1. The predicted molar refractivity (Wildman–Crippen MR) is 247 cm³/mol. The summed E-state index contributed by atoms with van der Waals surface area (Å²) in [7, 11) is 2.63. The molecule has 8 rings (SSSR count). The predicted octanol–water partition coefficient (Wildman–Crippen LogP) is 8.12. The van der Waals surface area contributed by atoms with E-state index in [0.717, 1.165) is 11.1 Å². The lowest BCUT2D eigenvalue weighted by atomic mass is 10.1. The number of fused-ring (bicyclic) bond motifs is 2. The standard InChI is InChI=1S/C23H19N5O5.C16H13N3O3.C7H7ClN2O2/c1-32-23(29)11-16-12-24-13-22(26-16)27-21-10-15(8-9-25-21)14-33-20-7-6-19(28(30)31)17-4-2-3-5-18(17)20;17-16-9-11(7-8-18-16)10-22-15-6-5-14(19(20)21)12-3-1-2-4-13(12)15;1-12-7(11)2-5-3-9-4-6(8)10-5/h2-10,12-13H,11,14H2,1H3,(H,25,26,27);1-9H,10H2,(H2,17,18);3-4H,2H2,1H3. The van der Waals surface area contributed by atoms with E-state index in [1.165, 1.54) is 51.1 Å². The minimum atomic E-state index is -0.407. The summed E-state index contributed by atoms with van der Waals surface area (Å²) in [4.78, 5) is 68.0. The van der Waals surface area contributed by atoms with E-state index in [4.69, 9.17) is 26.8 Å². The number of methoxy groups -OCH3 is 2. The van der Waals surface area contributed by atoms with Crippen molar-refractivity contribution >= 4 is 73.9 Å². The second kappa shape index (κ2) is 23.1. The van der Waals surface area contributed by atoms with Crippen molar-refractivity contribution in [3.63, 3.8) is 0 Å². The summed E-state index contributed by atoms with van der Waals surface area (Å²) in [5.41, 5.74) is 8.42. The summed E-state index contributed by atoms with van der Waals surface area (Å²) in [6.07, 6.45) is 9.25. The smallest absolute Gasteiger partial charge is 0.311 e. The Balaban J connectivity index is 0.000000186. The average Bonchev–Trinajstić information content (AvgIpc) is 3.33. The van der Waals surface area contributed by atoms with Crippen LogP contribution in [0.25, 0.3) is 21.5 Å². The molecule has 3 N–H and O–H groups in total. The second-order valence-corrected chi connectivity index (χ2v) is 14.2. The van der Waals surface area contributed by atoms with Crippen LogP contribution < -0.4 is 20.5 Å². The first-order chi connectivity index (χ1) is 32.4. The van der Waals surface area contributed by atoms with Gasteiger partial charge in [0.1, 0.15) is 47.3 Å². The number of nitrogens with two attached hydrogens (primary N) is 1. The summed E-state index contributed by atoms with van der Waals surface area (Å²) >= 11 is 5.55. The Kier molecular flexibility index (Phi) is 16.4. The first kappa shape index (κ1) is 47.6. The quantitative estimate of drug-likeness (QED) is 0.0591. The maximum Gasteiger partial charge on any atom is 0.311 e. The number of benzene rings is 4. The van der Waals surface area contributed by atoms with Crippen LogP contribution in [0.4, 0.5) is 28.8 Å². The number of hydrogen-bond acceptors (Lipinski definition) is 18. The van der Waals surface area contributed by atoms with Crippen LogP contribution in [0.2, 0.25) is 5.15 Å². The van der Waals surface area contributed by atoms with Crippen molar-refractivity contribution in [1.82, 2.24) is 29.9 Å². The minimum absolute atomic E-state index is 0.0174. The zero-order valence-corrected chi connectivity index (χ0v) is 36.4. The molecule has 0 saturated carbocycles. The Morgan fingerprint density at radius 3 is 1.63 bits per heavy atom. The molecule has 0 aliphatic carbocycles. The first-order valence-electron chi connectivity index (χ1n) is 19.8. The number of nitro benzene ring substituents is 2. The third-order valence-electron chi connectivity index (χ3n) is 9.28. The Morgan fingerprint density at radius 1 is 0.627 bits per heavy atom. The lowest BCUT2D eigenvalue weighted by Crippen LogP contribution is -2.08. The van der Waals surface area contributed by atoms with Crippen LogP contribution in [-0.4, -0.2) is 65.9 Å². The number of carbonyl (C=O) groups is 2. The Hall–Kier alpha value is -8.91. The molecule has 0 radical (unpaired) electrons. The number of nitro groups is 2. The molecule has 0 spiro atoms. The molecule has 20 nitrogen and oxygen atoms in total. The summed E-state index contributed by atoms with van der Waals surface area (Å²) in [6.45, 7) is 0.543. The molecule has 4 aromatic heterocycles. The van der Waals surface area contributed by atoms with Crippen LogP contribution in [-0.2, 0) is 45.1 Å². The number of esters is 2. The molecule has 4 aromatic carbocycles. The minimum Gasteiger partial charge on any atom is -0.488 e. The number of nitrogens with zero attached hydrogens (tertiary/aromatic N) is 8. The van der Waals surface area contributed by atoms with Crippen LogP contribution in [0.15, 0.2) is 134 Å². The van der Waals surface area contributed by atoms with Gasteiger partial charge >= 0.3 is 11.9 Å². The molecule has 8 aromatic rings. The zero-order valence-electron chi connectivity index (χ0n) is 35.6. The van der Waals surface area contributed by atoms with E-state index in [0.29, 0.717) is 68.5 Å². The molecule has 0 aliphatic rings. The lowest BCUT2D eigenvalue weighted by molar-refractivity contribution is -0.383. The largest absolute Gasteiger partial charge is 0.488 e. The van der Waals surface area contributed by atoms with Crippen LogP contribution in [0.3, 0.4) is 0 Å². The van der Waals surface area contributed by atoms with E-state index >= 15 is 0 Å². The van der Waals surface area contributed by atoms with Crippen LogP contribution >= 0.6 is 11.6 Å². The Bertz CT molecular complexity index is 3050. The summed E-state index contributed by atoms with van der Waals surface area (Å²) in [6, 6.07) is 27.4. The normalized spacial score (nSPS) is 10.4. The average molecular weight is 927 g/mol. The molecule has 0 bridgehead atoms. The molecule has 0 saturated heterocycles. The number of aromatic nitrogens is 6. The monoisotopic (exact) mass is 926 g/mol. The Labute approximate surface area is 386 Å². The van der Waals surface area contributed by atoms with Crippen LogP contribution in [0.1, 0.15) is 22.5 Å². The highest BCUT2D eigenvalue weighted by molar-refractivity contribution is 6.29. The van der Waals surface area contributed by atoms with E-state index in [2.05, 4.69) is 44.7 Å². The van der Waals surface area contributed by atoms with Crippen molar-refractivity contribution in [2.75, 3.05) is 25.3 Å². The number of halogens is 1. The third kappa shape index (κ3) is 13.5. The highest BCUT2D eigenvalue weighted by Crippen LogP contribution is 2.34. The molecule has 0 unspecified atom stereocenters. The van der Waals surface area contributed by atoms with Crippen molar-refractivity contribution in [2.45, 2.75) is 26.1 Å². The molecule has 21 heteroatoms. The molecule has 340 valence electrons. The number of rotatable bonds is 14.